The Morgan fingerprint density at radius 2 is 2.14 bits per heavy atom. The molecule has 1 unspecified atom stereocenters. The fraction of sp³-hybridized carbons (Fsp3) is 0.214. The number of nitrogens with one attached hydrogen (secondary N) is 1. The number of rotatable bonds is 3. The fourth-order valence-electron chi connectivity index (χ4n) is 2.01. The molecule has 0 bridgehead atoms. The molecule has 1 atom stereocenters. The monoisotopic (exact) mass is 299 g/mol. The highest BCUT2D eigenvalue weighted by Gasteiger charge is 2.20. The van der Waals surface area contributed by atoms with Gasteiger partial charge in [0.25, 0.3) is 11.5 Å². The van der Waals surface area contributed by atoms with Gasteiger partial charge in [-0.15, -0.1) is 5.10 Å². The third kappa shape index (κ3) is 2.46. The highest BCUT2D eigenvalue weighted by atomic mass is 16.5. The van der Waals surface area contributed by atoms with E-state index in [1.807, 2.05) is 0 Å². The van der Waals surface area contributed by atoms with E-state index in [9.17, 15) is 9.59 Å². The Kier molecular flexibility index (Phi) is 3.42. The largest absolute Gasteiger partial charge is 0.338 e. The number of nitrogens with zero attached hydrogens (tertiary/aromatic N) is 4. The van der Waals surface area contributed by atoms with Crippen molar-refractivity contribution in [2.75, 3.05) is 5.32 Å². The lowest BCUT2D eigenvalue weighted by molar-refractivity contribution is -0.119. The van der Waals surface area contributed by atoms with Crippen molar-refractivity contribution in [3.63, 3.8) is 0 Å². The van der Waals surface area contributed by atoms with Crippen LogP contribution in [0.4, 0.5) is 5.88 Å². The molecule has 0 radical (unpaired) electrons. The maximum absolute atomic E-state index is 12.4. The van der Waals surface area contributed by atoms with Crippen LogP contribution in [0.15, 0.2) is 39.6 Å². The van der Waals surface area contributed by atoms with Gasteiger partial charge in [0.2, 0.25) is 5.88 Å². The van der Waals surface area contributed by atoms with Crippen LogP contribution in [0.25, 0.3) is 10.9 Å². The zero-order valence-corrected chi connectivity index (χ0v) is 12.0. The van der Waals surface area contributed by atoms with Gasteiger partial charge in [-0.05, 0) is 26.0 Å². The predicted octanol–water partition coefficient (Wildman–Crippen LogP) is 1.29. The number of hydrogen-bond donors (Lipinski definition) is 1. The van der Waals surface area contributed by atoms with Crippen molar-refractivity contribution in [1.82, 2.24) is 20.2 Å². The van der Waals surface area contributed by atoms with Crippen LogP contribution >= 0.6 is 0 Å². The number of aromatic nitrogens is 4. The first kappa shape index (κ1) is 13.9. The molecule has 8 heteroatoms. The maximum atomic E-state index is 12.4. The number of benzene rings is 1. The Labute approximate surface area is 124 Å². The highest BCUT2D eigenvalue weighted by molar-refractivity contribution is 5.92. The zero-order chi connectivity index (χ0) is 15.7. The van der Waals surface area contributed by atoms with Crippen LogP contribution < -0.4 is 10.9 Å². The van der Waals surface area contributed by atoms with Crippen LogP contribution in [0.5, 0.6) is 0 Å². The number of anilines is 1. The number of amides is 1. The second kappa shape index (κ2) is 5.40. The molecule has 0 spiro atoms. The highest BCUT2D eigenvalue weighted by Crippen LogP contribution is 2.12. The van der Waals surface area contributed by atoms with Crippen LogP contribution in [0.3, 0.4) is 0 Å². The van der Waals surface area contributed by atoms with Crippen LogP contribution in [-0.4, -0.2) is 26.1 Å². The quantitative estimate of drug-likeness (QED) is 0.781. The molecule has 22 heavy (non-hydrogen) atoms. The SMILES string of the molecule is Cc1cc(NC(=O)C(C)n2nnc3ccccc3c2=O)on1. The molecular formula is C14H13N5O3. The molecule has 0 saturated heterocycles. The average molecular weight is 299 g/mol. The van der Waals surface area contributed by atoms with Crippen molar-refractivity contribution in [2.45, 2.75) is 19.9 Å². The molecular weight excluding hydrogens is 286 g/mol. The van der Waals surface area contributed by atoms with E-state index in [-0.39, 0.29) is 11.4 Å². The molecule has 2 aromatic heterocycles. The lowest BCUT2D eigenvalue weighted by Gasteiger charge is -2.12. The van der Waals surface area contributed by atoms with E-state index >= 15 is 0 Å². The smallest absolute Gasteiger partial charge is 0.278 e. The van der Waals surface area contributed by atoms with Gasteiger partial charge in [0.15, 0.2) is 0 Å². The number of aryl methyl sites for hydroxylation is 1. The van der Waals surface area contributed by atoms with Crippen molar-refractivity contribution in [1.29, 1.82) is 0 Å². The van der Waals surface area contributed by atoms with E-state index in [0.717, 1.165) is 4.68 Å². The summed E-state index contributed by atoms with van der Waals surface area (Å²) in [6.45, 7) is 3.30. The second-order valence-electron chi connectivity index (χ2n) is 4.85. The Morgan fingerprint density at radius 1 is 1.36 bits per heavy atom. The Balaban J connectivity index is 1.91. The lowest BCUT2D eigenvalue weighted by Crippen LogP contribution is -2.34. The van der Waals surface area contributed by atoms with E-state index in [4.69, 9.17) is 4.52 Å². The van der Waals surface area contributed by atoms with Crippen molar-refractivity contribution < 1.29 is 9.32 Å². The molecule has 0 aliphatic carbocycles. The van der Waals surface area contributed by atoms with Gasteiger partial charge in [-0.3, -0.25) is 14.9 Å². The summed E-state index contributed by atoms with van der Waals surface area (Å²) in [6.07, 6.45) is 0. The molecule has 3 rings (SSSR count). The summed E-state index contributed by atoms with van der Waals surface area (Å²) >= 11 is 0. The summed E-state index contributed by atoms with van der Waals surface area (Å²) in [5.74, 6) is -0.223. The zero-order valence-electron chi connectivity index (χ0n) is 12.0. The predicted molar refractivity (Wildman–Crippen MR) is 78.4 cm³/mol. The molecule has 112 valence electrons. The van der Waals surface area contributed by atoms with E-state index in [1.54, 1.807) is 44.2 Å². The second-order valence-corrected chi connectivity index (χ2v) is 4.85. The van der Waals surface area contributed by atoms with Gasteiger partial charge < -0.3 is 4.52 Å². The van der Waals surface area contributed by atoms with Gasteiger partial charge in [-0.1, -0.05) is 22.5 Å². The van der Waals surface area contributed by atoms with Gasteiger partial charge in [0.05, 0.1) is 11.1 Å². The Hall–Kier alpha value is -3.03. The lowest BCUT2D eigenvalue weighted by atomic mass is 10.2. The molecule has 1 N–H and O–H groups in total. The third-order valence-corrected chi connectivity index (χ3v) is 3.21. The molecule has 0 aliphatic heterocycles. The van der Waals surface area contributed by atoms with Crippen molar-refractivity contribution in [3.8, 4) is 0 Å². The van der Waals surface area contributed by atoms with Crippen molar-refractivity contribution in [3.05, 3.63) is 46.4 Å². The molecule has 0 fully saturated rings. The first-order valence-electron chi connectivity index (χ1n) is 6.64. The minimum atomic E-state index is -0.838. The maximum Gasteiger partial charge on any atom is 0.278 e. The molecule has 1 aromatic carbocycles. The van der Waals surface area contributed by atoms with Crippen LogP contribution in [0, 0.1) is 6.92 Å². The molecule has 1 amide bonds. The molecule has 2 heterocycles. The normalized spacial score (nSPS) is 12.3. The van der Waals surface area contributed by atoms with Crippen LogP contribution in [0.2, 0.25) is 0 Å². The summed E-state index contributed by atoms with van der Waals surface area (Å²) < 4.78 is 5.96. The summed E-state index contributed by atoms with van der Waals surface area (Å²) in [6, 6.07) is 7.58. The van der Waals surface area contributed by atoms with Gasteiger partial charge in [-0.25, -0.2) is 0 Å². The number of fused-ring (bicyclic) bond motifs is 1. The van der Waals surface area contributed by atoms with Gasteiger partial charge in [-0.2, -0.15) is 4.68 Å². The summed E-state index contributed by atoms with van der Waals surface area (Å²) in [5.41, 5.74) is 0.759. The minimum Gasteiger partial charge on any atom is -0.338 e. The first-order chi connectivity index (χ1) is 10.6. The third-order valence-electron chi connectivity index (χ3n) is 3.21. The number of carbonyl (C=O) groups is 1. The van der Waals surface area contributed by atoms with E-state index in [2.05, 4.69) is 20.8 Å². The molecule has 8 nitrogen and oxygen atoms in total. The molecule has 0 aliphatic rings. The van der Waals surface area contributed by atoms with Gasteiger partial charge in [0.1, 0.15) is 11.6 Å². The van der Waals surface area contributed by atoms with E-state index in [1.165, 1.54) is 0 Å². The van der Waals surface area contributed by atoms with E-state index < -0.39 is 11.9 Å². The van der Waals surface area contributed by atoms with Crippen molar-refractivity contribution >= 4 is 22.7 Å². The fourth-order valence-corrected chi connectivity index (χ4v) is 2.01. The topological polar surface area (TPSA) is 103 Å². The van der Waals surface area contributed by atoms with Gasteiger partial charge in [0, 0.05) is 6.07 Å². The van der Waals surface area contributed by atoms with Gasteiger partial charge >= 0.3 is 0 Å². The first-order valence-corrected chi connectivity index (χ1v) is 6.64. The average Bonchev–Trinajstić information content (AvgIpc) is 2.92. The molecule has 3 aromatic rings. The summed E-state index contributed by atoms with van der Waals surface area (Å²) in [7, 11) is 0. The standard InChI is InChI=1S/C14H13N5O3/c1-8-7-12(22-17-8)15-13(20)9(2)19-14(21)10-5-3-4-6-11(10)16-18-19/h3-7,9H,1-2H3,(H,15,20). The van der Waals surface area contributed by atoms with Crippen LogP contribution in [-0.2, 0) is 4.79 Å². The summed E-state index contributed by atoms with van der Waals surface area (Å²) in [4.78, 5) is 24.6. The number of hydrogen-bond acceptors (Lipinski definition) is 6. The molecule has 0 saturated carbocycles. The Bertz CT molecular complexity index is 899. The van der Waals surface area contributed by atoms with Crippen LogP contribution in [0.1, 0.15) is 18.7 Å². The van der Waals surface area contributed by atoms with E-state index in [0.29, 0.717) is 16.6 Å². The summed E-state index contributed by atoms with van der Waals surface area (Å²) in [5, 5.41) is 14.4. The Morgan fingerprint density at radius 3 is 2.86 bits per heavy atom. The van der Waals surface area contributed by atoms with Crippen molar-refractivity contribution in [2.24, 2.45) is 0 Å². The number of carbonyl (C=O) groups excluding carboxylic acids is 1. The minimum absolute atomic E-state index is 0.219.